The lowest BCUT2D eigenvalue weighted by atomic mass is 9.99. The van der Waals surface area contributed by atoms with Crippen LogP contribution in [0.25, 0.3) is 0 Å². The number of rotatable bonds is 17. The fraction of sp³-hybridized carbons (Fsp3) is 0.529. The van der Waals surface area contributed by atoms with E-state index in [2.05, 4.69) is 10.7 Å². The van der Waals surface area contributed by atoms with Crippen molar-refractivity contribution in [2.75, 3.05) is 40.3 Å². The van der Waals surface area contributed by atoms with Gasteiger partial charge in [0.15, 0.2) is 0 Å². The molecule has 0 saturated heterocycles. The molecule has 2 unspecified atom stereocenters. The van der Waals surface area contributed by atoms with Crippen molar-refractivity contribution in [3.63, 3.8) is 0 Å². The largest absolute Gasteiger partial charge is 0.390 e. The van der Waals surface area contributed by atoms with E-state index in [0.29, 0.717) is 26.1 Å². The third-order valence-corrected chi connectivity index (χ3v) is 7.14. The fourth-order valence-electron chi connectivity index (χ4n) is 4.80. The van der Waals surface area contributed by atoms with Crippen LogP contribution in [0.5, 0.6) is 0 Å². The average molecular weight is 610 g/mol. The number of nitrogens with one attached hydrogen (secondary N) is 2. The van der Waals surface area contributed by atoms with Crippen LogP contribution < -0.4 is 10.7 Å². The van der Waals surface area contributed by atoms with Crippen LogP contribution in [0.15, 0.2) is 48.5 Å². The summed E-state index contributed by atoms with van der Waals surface area (Å²) in [6, 6.07) is 13.3. The summed E-state index contributed by atoms with van der Waals surface area (Å²) in [5.74, 6) is -1.48. The lowest BCUT2D eigenvalue weighted by Gasteiger charge is -2.31. The summed E-state index contributed by atoms with van der Waals surface area (Å²) in [5.41, 5.74) is 4.42. The summed E-state index contributed by atoms with van der Waals surface area (Å²) >= 11 is 0. The molecule has 2 aromatic carbocycles. The third kappa shape index (κ3) is 11.1. The van der Waals surface area contributed by atoms with Gasteiger partial charge in [-0.15, -0.1) is 0 Å². The molecule has 2 aromatic rings. The monoisotopic (exact) mass is 609 g/mol. The van der Waals surface area contributed by atoms with Gasteiger partial charge in [0.05, 0.1) is 12.1 Å². The van der Waals surface area contributed by atoms with Gasteiger partial charge in [-0.05, 0) is 49.4 Å². The summed E-state index contributed by atoms with van der Waals surface area (Å²) in [4.78, 5) is 55.9. The zero-order valence-corrected chi connectivity index (χ0v) is 27.4. The van der Waals surface area contributed by atoms with Gasteiger partial charge in [-0.3, -0.25) is 24.6 Å². The summed E-state index contributed by atoms with van der Waals surface area (Å²) in [6.07, 6.45) is 1.59. The molecule has 2 rings (SSSR count). The predicted octanol–water partition coefficient (Wildman–Crippen LogP) is 3.75. The fourth-order valence-corrected chi connectivity index (χ4v) is 4.80. The number of amides is 4. The van der Waals surface area contributed by atoms with Crippen molar-refractivity contribution in [3.05, 3.63) is 70.8 Å². The summed E-state index contributed by atoms with van der Waals surface area (Å²) in [6.45, 7) is 11.3. The van der Waals surface area contributed by atoms with Crippen molar-refractivity contribution >= 4 is 23.6 Å². The van der Waals surface area contributed by atoms with Gasteiger partial charge in [0.25, 0.3) is 17.7 Å². The van der Waals surface area contributed by atoms with Gasteiger partial charge in [-0.1, -0.05) is 65.0 Å². The molecule has 3 N–H and O–H groups in total. The Morgan fingerprint density at radius 2 is 1.34 bits per heavy atom. The van der Waals surface area contributed by atoms with Crippen molar-refractivity contribution in [2.45, 2.75) is 72.4 Å². The van der Waals surface area contributed by atoms with Crippen molar-refractivity contribution in [2.24, 2.45) is 5.92 Å². The Hall–Kier alpha value is -3.76. The third-order valence-electron chi connectivity index (χ3n) is 7.14. The second-order valence-electron chi connectivity index (χ2n) is 11.7. The molecule has 10 heteroatoms. The first-order chi connectivity index (χ1) is 20.9. The van der Waals surface area contributed by atoms with Gasteiger partial charge in [-0.2, -0.15) is 0 Å². The predicted molar refractivity (Wildman–Crippen MR) is 173 cm³/mol. The topological polar surface area (TPSA) is 122 Å². The molecule has 44 heavy (non-hydrogen) atoms. The molecule has 0 aliphatic rings. The highest BCUT2D eigenvalue weighted by Gasteiger charge is 2.27. The number of hydrogen-bond acceptors (Lipinski definition) is 6. The first kappa shape index (κ1) is 36.4. The minimum Gasteiger partial charge on any atom is -0.390 e. The number of carbonyl (C=O) groups excluding carboxylic acids is 4. The maximum absolute atomic E-state index is 13.8. The molecular weight excluding hydrogens is 558 g/mol. The first-order valence-corrected chi connectivity index (χ1v) is 15.7. The summed E-state index contributed by atoms with van der Waals surface area (Å²) in [5, 5.41) is 16.1. The van der Waals surface area contributed by atoms with E-state index in [1.165, 1.54) is 23.1 Å². The van der Waals surface area contributed by atoms with Crippen LogP contribution in [0.3, 0.4) is 0 Å². The smallest absolute Gasteiger partial charge is 0.253 e. The first-order valence-electron chi connectivity index (χ1n) is 15.7. The summed E-state index contributed by atoms with van der Waals surface area (Å²) < 4.78 is 0. The molecule has 0 bridgehead atoms. The highest BCUT2D eigenvalue weighted by molar-refractivity contribution is 6.04. The number of aliphatic hydroxyl groups excluding tert-OH is 1. The SMILES string of the molecule is CCCN(CC(O)C(Cc1ccccc1)NC(=O)c1cc(C(=O)N(C)C)cc(C(=O)N(CCC)CCC)c1)NC(=O)C(C)C. The average Bonchev–Trinajstić information content (AvgIpc) is 3.00. The Labute approximate surface area is 262 Å². The minimum atomic E-state index is -1.05. The number of benzene rings is 2. The van der Waals surface area contributed by atoms with Crippen LogP contribution in [-0.4, -0.2) is 96.0 Å². The summed E-state index contributed by atoms with van der Waals surface area (Å²) in [7, 11) is 3.23. The van der Waals surface area contributed by atoms with E-state index in [4.69, 9.17) is 0 Å². The van der Waals surface area contributed by atoms with Crippen LogP contribution in [0.4, 0.5) is 0 Å². The Bertz CT molecular complexity index is 1230. The van der Waals surface area contributed by atoms with Crippen molar-refractivity contribution < 1.29 is 24.3 Å². The van der Waals surface area contributed by atoms with Crippen molar-refractivity contribution in [3.8, 4) is 0 Å². The molecule has 0 fully saturated rings. The molecular formula is C34H51N5O5. The highest BCUT2D eigenvalue weighted by Crippen LogP contribution is 2.17. The van der Waals surface area contributed by atoms with E-state index in [1.54, 1.807) is 37.9 Å². The van der Waals surface area contributed by atoms with Gasteiger partial charge in [0.2, 0.25) is 5.91 Å². The van der Waals surface area contributed by atoms with Crippen LogP contribution in [0.1, 0.15) is 90.5 Å². The van der Waals surface area contributed by atoms with E-state index in [1.807, 2.05) is 51.1 Å². The second kappa shape index (κ2) is 18.1. The number of hydrazine groups is 1. The molecule has 0 heterocycles. The van der Waals surface area contributed by atoms with Crippen LogP contribution in [-0.2, 0) is 11.2 Å². The number of hydrogen-bond donors (Lipinski definition) is 3. The normalized spacial score (nSPS) is 12.5. The lowest BCUT2D eigenvalue weighted by molar-refractivity contribution is -0.129. The maximum Gasteiger partial charge on any atom is 0.253 e. The van der Waals surface area contributed by atoms with Crippen LogP contribution in [0.2, 0.25) is 0 Å². The molecule has 0 aromatic heterocycles. The molecule has 0 spiro atoms. The van der Waals surface area contributed by atoms with E-state index in [9.17, 15) is 24.3 Å². The lowest BCUT2D eigenvalue weighted by Crippen LogP contribution is -2.54. The zero-order chi connectivity index (χ0) is 32.8. The molecule has 0 aliphatic carbocycles. The van der Waals surface area contributed by atoms with Gasteiger partial charge in [0, 0.05) is 62.9 Å². The number of nitrogens with zero attached hydrogens (tertiary/aromatic N) is 3. The van der Waals surface area contributed by atoms with Crippen LogP contribution >= 0.6 is 0 Å². The second-order valence-corrected chi connectivity index (χ2v) is 11.7. The van der Waals surface area contributed by atoms with E-state index in [-0.39, 0.29) is 46.9 Å². The molecule has 10 nitrogen and oxygen atoms in total. The van der Waals surface area contributed by atoms with E-state index < -0.39 is 18.1 Å². The van der Waals surface area contributed by atoms with Gasteiger partial charge in [0.1, 0.15) is 0 Å². The molecule has 242 valence electrons. The zero-order valence-electron chi connectivity index (χ0n) is 27.4. The van der Waals surface area contributed by atoms with Crippen molar-refractivity contribution in [1.82, 2.24) is 25.6 Å². The van der Waals surface area contributed by atoms with Gasteiger partial charge in [-0.25, -0.2) is 5.01 Å². The molecule has 4 amide bonds. The molecule has 0 saturated carbocycles. The number of carbonyl (C=O) groups is 4. The maximum atomic E-state index is 13.8. The minimum absolute atomic E-state index is 0.0932. The Kier molecular flexibility index (Phi) is 15.0. The standard InChI is InChI=1S/C34H51N5O5/c1-8-16-38(17-9-2)34(44)28-21-26(20-27(22-28)33(43)37(6)7)32(42)35-29(19-25-14-12-11-13-15-25)30(40)23-39(18-10-3)36-31(41)24(4)5/h11-15,20-22,24,29-30,40H,8-10,16-19,23H2,1-7H3,(H,35,42)(H,36,41). The Balaban J connectivity index is 2.47. The van der Waals surface area contributed by atoms with E-state index >= 15 is 0 Å². The van der Waals surface area contributed by atoms with Gasteiger partial charge < -0.3 is 20.2 Å². The van der Waals surface area contributed by atoms with Crippen molar-refractivity contribution in [1.29, 1.82) is 0 Å². The molecule has 2 atom stereocenters. The van der Waals surface area contributed by atoms with Crippen LogP contribution in [0, 0.1) is 5.92 Å². The molecule has 0 aliphatic heterocycles. The van der Waals surface area contributed by atoms with E-state index in [0.717, 1.165) is 24.8 Å². The Morgan fingerprint density at radius 3 is 1.86 bits per heavy atom. The van der Waals surface area contributed by atoms with Gasteiger partial charge >= 0.3 is 0 Å². The number of aliphatic hydroxyl groups is 1. The molecule has 0 radical (unpaired) electrons. The Morgan fingerprint density at radius 1 is 0.795 bits per heavy atom. The quantitative estimate of drug-likeness (QED) is 0.235. The highest BCUT2D eigenvalue weighted by atomic mass is 16.3.